The van der Waals surface area contributed by atoms with Crippen LogP contribution in [0, 0.1) is 5.82 Å². The molecule has 0 amide bonds. The summed E-state index contributed by atoms with van der Waals surface area (Å²) < 4.78 is 14.6. The van der Waals surface area contributed by atoms with E-state index in [4.69, 9.17) is 0 Å². The Balaban J connectivity index is 2.19. The Hall–Kier alpha value is -1.19. The summed E-state index contributed by atoms with van der Waals surface area (Å²) in [5, 5.41) is 3.46. The number of rotatable bonds is 6. The first-order valence-electron chi connectivity index (χ1n) is 7.28. The van der Waals surface area contributed by atoms with Crippen molar-refractivity contribution in [3.63, 3.8) is 0 Å². The summed E-state index contributed by atoms with van der Waals surface area (Å²) in [5.74, 6) is 0.0914. The first-order chi connectivity index (χ1) is 10.0. The van der Waals surface area contributed by atoms with Crippen molar-refractivity contribution in [2.24, 2.45) is 0 Å². The molecule has 1 atom stereocenters. The molecule has 0 spiro atoms. The van der Waals surface area contributed by atoms with Crippen LogP contribution < -0.4 is 5.32 Å². The fourth-order valence-corrected chi connectivity index (χ4v) is 2.84. The van der Waals surface area contributed by atoms with Crippen LogP contribution >= 0.6 is 15.9 Å². The lowest BCUT2D eigenvalue weighted by molar-refractivity contribution is 0.524. The molecule has 0 saturated heterocycles. The lowest BCUT2D eigenvalue weighted by atomic mass is 9.91. The average Bonchev–Trinajstić information content (AvgIpc) is 2.43. The van der Waals surface area contributed by atoms with Gasteiger partial charge in [-0.15, -0.1) is 0 Å². The molecule has 0 heterocycles. The van der Waals surface area contributed by atoms with Crippen molar-refractivity contribution in [1.29, 1.82) is 0 Å². The van der Waals surface area contributed by atoms with Gasteiger partial charge in [0.1, 0.15) is 5.82 Å². The van der Waals surface area contributed by atoms with Crippen LogP contribution in [0.15, 0.2) is 53.0 Å². The molecule has 2 aromatic rings. The van der Waals surface area contributed by atoms with E-state index in [1.165, 1.54) is 11.6 Å². The zero-order valence-electron chi connectivity index (χ0n) is 12.4. The molecule has 21 heavy (non-hydrogen) atoms. The highest BCUT2D eigenvalue weighted by Gasteiger charge is 2.14. The van der Waals surface area contributed by atoms with Gasteiger partial charge in [0.05, 0.1) is 0 Å². The van der Waals surface area contributed by atoms with Crippen LogP contribution in [0.1, 0.15) is 30.9 Å². The fraction of sp³-hybridized carbons (Fsp3) is 0.333. The highest BCUT2D eigenvalue weighted by atomic mass is 79.9. The number of nitrogens with one attached hydrogen (secondary N) is 1. The first kappa shape index (κ1) is 16.2. The van der Waals surface area contributed by atoms with Crippen LogP contribution in [0.2, 0.25) is 0 Å². The van der Waals surface area contributed by atoms with Gasteiger partial charge >= 0.3 is 0 Å². The van der Waals surface area contributed by atoms with Crippen molar-refractivity contribution >= 4 is 15.9 Å². The third kappa shape index (κ3) is 5.25. The van der Waals surface area contributed by atoms with E-state index in [1.54, 1.807) is 12.1 Å². The summed E-state index contributed by atoms with van der Waals surface area (Å²) >= 11 is 3.51. The second-order valence-corrected chi connectivity index (χ2v) is 6.56. The van der Waals surface area contributed by atoms with Gasteiger partial charge in [0.25, 0.3) is 0 Å². The van der Waals surface area contributed by atoms with Crippen LogP contribution in [-0.2, 0) is 6.42 Å². The van der Waals surface area contributed by atoms with E-state index in [2.05, 4.69) is 47.2 Å². The molecule has 0 saturated carbocycles. The number of halogens is 2. The van der Waals surface area contributed by atoms with Crippen molar-refractivity contribution in [3.8, 4) is 0 Å². The van der Waals surface area contributed by atoms with Crippen molar-refractivity contribution in [1.82, 2.24) is 5.32 Å². The molecule has 2 rings (SSSR count). The SMILES string of the molecule is CC(C)NCC(Cc1cccc(Br)c1)c1cccc(F)c1. The quantitative estimate of drug-likeness (QED) is 0.780. The van der Waals surface area contributed by atoms with Crippen LogP contribution in [-0.4, -0.2) is 12.6 Å². The minimum absolute atomic E-state index is 0.170. The Labute approximate surface area is 134 Å². The number of benzene rings is 2. The molecular formula is C18H21BrFN. The maximum atomic E-state index is 13.5. The van der Waals surface area contributed by atoms with Gasteiger partial charge in [0, 0.05) is 23.0 Å². The molecule has 1 N–H and O–H groups in total. The minimum Gasteiger partial charge on any atom is -0.314 e. The molecular weight excluding hydrogens is 329 g/mol. The maximum absolute atomic E-state index is 13.5. The van der Waals surface area contributed by atoms with Gasteiger partial charge in [-0.3, -0.25) is 0 Å². The van der Waals surface area contributed by atoms with E-state index in [9.17, 15) is 4.39 Å². The number of hydrogen-bond donors (Lipinski definition) is 1. The van der Waals surface area contributed by atoms with Crippen LogP contribution in [0.25, 0.3) is 0 Å². The van der Waals surface area contributed by atoms with Gasteiger partial charge in [0.15, 0.2) is 0 Å². The van der Waals surface area contributed by atoms with Gasteiger partial charge in [-0.1, -0.05) is 54.0 Å². The monoisotopic (exact) mass is 349 g/mol. The fourth-order valence-electron chi connectivity index (χ4n) is 2.39. The van der Waals surface area contributed by atoms with Gasteiger partial charge in [0.2, 0.25) is 0 Å². The summed E-state index contributed by atoms with van der Waals surface area (Å²) in [4.78, 5) is 0. The lowest BCUT2D eigenvalue weighted by Gasteiger charge is -2.20. The molecule has 1 unspecified atom stereocenters. The van der Waals surface area contributed by atoms with Crippen molar-refractivity contribution in [3.05, 3.63) is 69.9 Å². The summed E-state index contributed by atoms with van der Waals surface area (Å²) in [6.45, 7) is 5.09. The first-order valence-corrected chi connectivity index (χ1v) is 8.07. The van der Waals surface area contributed by atoms with Gasteiger partial charge in [-0.25, -0.2) is 4.39 Å². The Morgan fingerprint density at radius 3 is 2.52 bits per heavy atom. The topological polar surface area (TPSA) is 12.0 Å². The van der Waals surface area contributed by atoms with E-state index in [-0.39, 0.29) is 11.7 Å². The Bertz CT molecular complexity index is 583. The normalized spacial score (nSPS) is 12.6. The smallest absolute Gasteiger partial charge is 0.123 e. The maximum Gasteiger partial charge on any atom is 0.123 e. The highest BCUT2D eigenvalue weighted by Crippen LogP contribution is 2.23. The molecule has 0 bridgehead atoms. The molecule has 0 aliphatic carbocycles. The Morgan fingerprint density at radius 1 is 1.10 bits per heavy atom. The predicted molar refractivity (Wildman–Crippen MR) is 90.1 cm³/mol. The summed E-state index contributed by atoms with van der Waals surface area (Å²) in [5.41, 5.74) is 2.30. The largest absolute Gasteiger partial charge is 0.314 e. The average molecular weight is 350 g/mol. The predicted octanol–water partition coefficient (Wildman–Crippen LogP) is 4.91. The third-order valence-electron chi connectivity index (χ3n) is 3.46. The molecule has 0 radical (unpaired) electrons. The van der Waals surface area contributed by atoms with Crippen LogP contribution in [0.5, 0.6) is 0 Å². The van der Waals surface area contributed by atoms with E-state index in [1.807, 2.05) is 18.2 Å². The molecule has 2 aromatic carbocycles. The summed E-state index contributed by atoms with van der Waals surface area (Å²) in [6.07, 6.45) is 0.891. The zero-order valence-corrected chi connectivity index (χ0v) is 14.0. The molecule has 0 aliphatic heterocycles. The summed E-state index contributed by atoms with van der Waals surface area (Å²) in [6, 6.07) is 15.7. The third-order valence-corrected chi connectivity index (χ3v) is 3.96. The van der Waals surface area contributed by atoms with Gasteiger partial charge in [-0.2, -0.15) is 0 Å². The molecule has 0 aromatic heterocycles. The van der Waals surface area contributed by atoms with E-state index < -0.39 is 0 Å². The molecule has 0 aliphatic rings. The molecule has 0 fully saturated rings. The van der Waals surface area contributed by atoms with Crippen molar-refractivity contribution in [2.75, 3.05) is 6.54 Å². The van der Waals surface area contributed by atoms with Crippen molar-refractivity contribution in [2.45, 2.75) is 32.2 Å². The van der Waals surface area contributed by atoms with Crippen molar-refractivity contribution < 1.29 is 4.39 Å². The molecule has 112 valence electrons. The highest BCUT2D eigenvalue weighted by molar-refractivity contribution is 9.10. The van der Waals surface area contributed by atoms with Crippen LogP contribution in [0.3, 0.4) is 0 Å². The Morgan fingerprint density at radius 2 is 1.86 bits per heavy atom. The van der Waals surface area contributed by atoms with Gasteiger partial charge < -0.3 is 5.32 Å². The Kier molecular flexibility index (Phi) is 5.95. The number of hydrogen-bond acceptors (Lipinski definition) is 1. The lowest BCUT2D eigenvalue weighted by Crippen LogP contribution is -2.29. The molecule has 3 heteroatoms. The minimum atomic E-state index is -0.170. The van der Waals surface area contributed by atoms with E-state index >= 15 is 0 Å². The van der Waals surface area contributed by atoms with Crippen LogP contribution in [0.4, 0.5) is 4.39 Å². The van der Waals surface area contributed by atoms with E-state index in [0.29, 0.717) is 6.04 Å². The standard InChI is InChI=1S/C18H21BrFN/c1-13(2)21-12-16(15-6-4-8-18(20)11-15)9-14-5-3-7-17(19)10-14/h3-8,10-11,13,16,21H,9,12H2,1-2H3. The second-order valence-electron chi connectivity index (χ2n) is 5.65. The molecule has 1 nitrogen and oxygen atoms in total. The van der Waals surface area contributed by atoms with Gasteiger partial charge in [-0.05, 0) is 41.8 Å². The zero-order chi connectivity index (χ0) is 15.2. The van der Waals surface area contributed by atoms with E-state index in [0.717, 1.165) is 23.0 Å². The second kappa shape index (κ2) is 7.71. The summed E-state index contributed by atoms with van der Waals surface area (Å²) in [7, 11) is 0.